The maximum Gasteiger partial charge on any atom is 0.318 e. The Morgan fingerprint density at radius 3 is 2.62 bits per heavy atom. The molecule has 4 aliphatic heterocycles. The van der Waals surface area contributed by atoms with Gasteiger partial charge in [-0.25, -0.2) is 0 Å². The smallest absolute Gasteiger partial charge is 0.318 e. The fourth-order valence-corrected chi connectivity index (χ4v) is 5.94. The SMILES string of the molecule is CN1CCC[C@H]1COc1nc2c(c(N3C[C@H]4CC[C@@H](C3)N4)n1)CC(=O)N(Cc1ccccc1)C2. The minimum absolute atomic E-state index is 0.139. The van der Waals surface area contributed by atoms with E-state index >= 15 is 0 Å². The van der Waals surface area contributed by atoms with Crippen LogP contribution in [0.5, 0.6) is 6.01 Å². The van der Waals surface area contributed by atoms with Crippen LogP contribution in [0.2, 0.25) is 0 Å². The second kappa shape index (κ2) is 9.15. The van der Waals surface area contributed by atoms with Crippen LogP contribution in [-0.2, 0) is 24.3 Å². The number of amides is 1. The summed E-state index contributed by atoms with van der Waals surface area (Å²) in [6, 6.07) is 12.0. The van der Waals surface area contributed by atoms with E-state index in [1.165, 1.54) is 19.3 Å². The standard InChI is InChI=1S/C26H34N6O2/c1-30-11-5-8-21(30)17-34-26-28-23-16-31(13-18-6-3-2-4-7-18)24(33)12-22(23)25(29-26)32-14-19-9-10-20(15-32)27-19/h2-4,6-7,19-21,27H,5,8-17H2,1H3/t19-,20+,21-/m0/s1. The van der Waals surface area contributed by atoms with Crippen molar-refractivity contribution in [2.24, 2.45) is 0 Å². The summed E-state index contributed by atoms with van der Waals surface area (Å²) in [6.07, 6.45) is 5.11. The Balaban J connectivity index is 1.29. The van der Waals surface area contributed by atoms with Gasteiger partial charge >= 0.3 is 6.01 Å². The summed E-state index contributed by atoms with van der Waals surface area (Å²) in [7, 11) is 2.16. The summed E-state index contributed by atoms with van der Waals surface area (Å²) in [5, 5.41) is 3.70. The van der Waals surface area contributed by atoms with Gasteiger partial charge in [0.2, 0.25) is 5.91 Å². The fraction of sp³-hybridized carbons (Fsp3) is 0.577. The Labute approximate surface area is 201 Å². The molecule has 0 saturated carbocycles. The lowest BCUT2D eigenvalue weighted by atomic mass is 10.0. The average molecular weight is 463 g/mol. The number of ether oxygens (including phenoxy) is 1. The van der Waals surface area contributed by atoms with Crippen molar-refractivity contribution >= 4 is 11.7 Å². The molecule has 1 amide bonds. The van der Waals surface area contributed by atoms with E-state index in [1.54, 1.807) is 0 Å². The molecule has 6 rings (SSSR count). The van der Waals surface area contributed by atoms with Gasteiger partial charge in [0.1, 0.15) is 12.4 Å². The molecule has 8 heteroatoms. The topological polar surface area (TPSA) is 73.8 Å². The van der Waals surface area contributed by atoms with E-state index in [1.807, 2.05) is 23.1 Å². The van der Waals surface area contributed by atoms with Crippen molar-refractivity contribution in [1.29, 1.82) is 0 Å². The van der Waals surface area contributed by atoms with Gasteiger partial charge in [-0.15, -0.1) is 0 Å². The van der Waals surface area contributed by atoms with Gasteiger partial charge < -0.3 is 24.8 Å². The fourth-order valence-electron chi connectivity index (χ4n) is 5.94. The van der Waals surface area contributed by atoms with Gasteiger partial charge in [0.05, 0.1) is 18.7 Å². The minimum Gasteiger partial charge on any atom is -0.462 e. The van der Waals surface area contributed by atoms with Gasteiger partial charge in [-0.3, -0.25) is 4.79 Å². The second-order valence-electron chi connectivity index (χ2n) is 10.3. The largest absolute Gasteiger partial charge is 0.462 e. The third-order valence-electron chi connectivity index (χ3n) is 7.88. The van der Waals surface area contributed by atoms with Gasteiger partial charge in [0.25, 0.3) is 0 Å². The summed E-state index contributed by atoms with van der Waals surface area (Å²) >= 11 is 0. The normalized spacial score (nSPS) is 26.7. The number of aromatic nitrogens is 2. The van der Waals surface area contributed by atoms with Gasteiger partial charge in [-0.05, 0) is 44.8 Å². The van der Waals surface area contributed by atoms with E-state index in [9.17, 15) is 4.79 Å². The molecule has 2 aromatic rings. The van der Waals surface area contributed by atoms with E-state index in [2.05, 4.69) is 34.3 Å². The number of benzene rings is 1. The molecule has 2 bridgehead atoms. The van der Waals surface area contributed by atoms with Crippen LogP contribution in [0, 0.1) is 0 Å². The van der Waals surface area contributed by atoms with Crippen molar-refractivity contribution in [2.75, 3.05) is 38.2 Å². The zero-order valence-corrected chi connectivity index (χ0v) is 19.9. The first-order chi connectivity index (χ1) is 16.6. The lowest BCUT2D eigenvalue weighted by Gasteiger charge is -2.37. The third kappa shape index (κ3) is 4.36. The van der Waals surface area contributed by atoms with Crippen LogP contribution in [-0.4, -0.2) is 77.1 Å². The van der Waals surface area contributed by atoms with Gasteiger partial charge in [0.15, 0.2) is 0 Å². The predicted octanol–water partition coefficient (Wildman–Crippen LogP) is 1.98. The quantitative estimate of drug-likeness (QED) is 0.704. The van der Waals surface area contributed by atoms with Crippen LogP contribution in [0.15, 0.2) is 30.3 Å². The molecule has 8 nitrogen and oxygen atoms in total. The van der Waals surface area contributed by atoms with E-state index in [4.69, 9.17) is 14.7 Å². The highest BCUT2D eigenvalue weighted by atomic mass is 16.5. The monoisotopic (exact) mass is 462 g/mol. The number of hydrogen-bond donors (Lipinski definition) is 1. The molecular formula is C26H34N6O2. The van der Waals surface area contributed by atoms with Crippen LogP contribution >= 0.6 is 0 Å². The number of nitrogens with one attached hydrogen (secondary N) is 1. The number of likely N-dealkylation sites (N-methyl/N-ethyl adjacent to an activating group) is 1. The first-order valence-corrected chi connectivity index (χ1v) is 12.7. The first kappa shape index (κ1) is 21.8. The molecule has 0 spiro atoms. The number of fused-ring (bicyclic) bond motifs is 3. The van der Waals surface area contributed by atoms with Crippen molar-refractivity contribution < 1.29 is 9.53 Å². The molecular weight excluding hydrogens is 428 g/mol. The number of nitrogens with zero attached hydrogens (tertiary/aromatic N) is 5. The number of piperazine rings is 1. The average Bonchev–Trinajstić information content (AvgIpc) is 3.42. The summed E-state index contributed by atoms with van der Waals surface area (Å²) in [6.45, 7) is 4.66. The Hall–Kier alpha value is -2.71. The van der Waals surface area contributed by atoms with Gasteiger partial charge in [-0.1, -0.05) is 30.3 Å². The molecule has 3 fully saturated rings. The Kier molecular flexibility index (Phi) is 5.87. The van der Waals surface area contributed by atoms with Crippen LogP contribution in [0.1, 0.15) is 42.5 Å². The molecule has 5 heterocycles. The lowest BCUT2D eigenvalue weighted by Crippen LogP contribution is -2.52. The zero-order valence-electron chi connectivity index (χ0n) is 19.9. The Morgan fingerprint density at radius 1 is 1.09 bits per heavy atom. The van der Waals surface area contributed by atoms with Gasteiger partial charge in [0, 0.05) is 43.3 Å². The van der Waals surface area contributed by atoms with Crippen LogP contribution < -0.4 is 15.0 Å². The van der Waals surface area contributed by atoms with Crippen molar-refractivity contribution in [1.82, 2.24) is 25.1 Å². The van der Waals surface area contributed by atoms with E-state index in [0.717, 1.165) is 48.7 Å². The highest BCUT2D eigenvalue weighted by Crippen LogP contribution is 2.33. The minimum atomic E-state index is 0.139. The molecule has 0 unspecified atom stereocenters. The van der Waals surface area contributed by atoms with E-state index < -0.39 is 0 Å². The number of rotatable bonds is 6. The first-order valence-electron chi connectivity index (χ1n) is 12.7. The number of carbonyl (C=O) groups excluding carboxylic acids is 1. The van der Waals surface area contributed by atoms with E-state index in [0.29, 0.717) is 50.3 Å². The molecule has 180 valence electrons. The maximum atomic E-state index is 13.2. The molecule has 1 aromatic heterocycles. The molecule has 1 aromatic carbocycles. The Morgan fingerprint density at radius 2 is 1.88 bits per heavy atom. The lowest BCUT2D eigenvalue weighted by molar-refractivity contribution is -0.132. The number of anilines is 1. The Bertz CT molecular complexity index is 1040. The molecule has 4 aliphatic rings. The van der Waals surface area contributed by atoms with Crippen molar-refractivity contribution in [3.8, 4) is 6.01 Å². The summed E-state index contributed by atoms with van der Waals surface area (Å²) in [5.74, 6) is 1.05. The van der Waals surface area contributed by atoms with Crippen LogP contribution in [0.3, 0.4) is 0 Å². The van der Waals surface area contributed by atoms with Crippen molar-refractivity contribution in [3.05, 3.63) is 47.2 Å². The summed E-state index contributed by atoms with van der Waals surface area (Å²) in [4.78, 5) is 29.5. The van der Waals surface area contributed by atoms with E-state index in [-0.39, 0.29) is 5.91 Å². The number of likely N-dealkylation sites (tertiary alicyclic amines) is 1. The van der Waals surface area contributed by atoms with Gasteiger partial charge in [-0.2, -0.15) is 9.97 Å². The number of carbonyl (C=O) groups is 1. The predicted molar refractivity (Wildman–Crippen MR) is 130 cm³/mol. The molecule has 0 radical (unpaired) electrons. The van der Waals surface area contributed by atoms with Crippen LogP contribution in [0.25, 0.3) is 0 Å². The second-order valence-corrected chi connectivity index (χ2v) is 10.3. The van der Waals surface area contributed by atoms with Crippen molar-refractivity contribution in [3.63, 3.8) is 0 Å². The highest BCUT2D eigenvalue weighted by molar-refractivity contribution is 5.82. The summed E-state index contributed by atoms with van der Waals surface area (Å²) in [5.41, 5.74) is 3.05. The maximum absolute atomic E-state index is 13.2. The molecule has 3 atom stereocenters. The zero-order chi connectivity index (χ0) is 23.1. The molecule has 1 N–H and O–H groups in total. The molecule has 0 aliphatic carbocycles. The van der Waals surface area contributed by atoms with Crippen molar-refractivity contribution in [2.45, 2.75) is 63.3 Å². The highest BCUT2D eigenvalue weighted by Gasteiger charge is 2.36. The summed E-state index contributed by atoms with van der Waals surface area (Å²) < 4.78 is 6.20. The number of hydrogen-bond acceptors (Lipinski definition) is 7. The van der Waals surface area contributed by atoms with Crippen LogP contribution in [0.4, 0.5) is 5.82 Å². The molecule has 34 heavy (non-hydrogen) atoms. The molecule has 3 saturated heterocycles. The third-order valence-corrected chi connectivity index (χ3v) is 7.88.